The summed E-state index contributed by atoms with van der Waals surface area (Å²) < 4.78 is 9.24. The molecule has 0 aromatic rings. The van der Waals surface area contributed by atoms with Crippen LogP contribution in [-0.2, 0) is 19.1 Å². The van der Waals surface area contributed by atoms with Crippen molar-refractivity contribution in [2.45, 2.75) is 111 Å². The molecule has 0 saturated heterocycles. The molecule has 0 heterocycles. The van der Waals surface area contributed by atoms with Gasteiger partial charge >= 0.3 is 11.9 Å². The fraction of sp³-hybridized carbons (Fsp3) is 0.750. The van der Waals surface area contributed by atoms with E-state index in [9.17, 15) is 9.59 Å². The summed E-state index contributed by atoms with van der Waals surface area (Å²) in [7, 11) is 0. The maximum Gasteiger partial charge on any atom is 0.333 e. The number of esters is 2. The Balaban J connectivity index is 0. The molecule has 0 aliphatic carbocycles. The zero-order valence-electron chi connectivity index (χ0n) is 18.7. The Morgan fingerprint density at radius 3 is 1.43 bits per heavy atom. The lowest BCUT2D eigenvalue weighted by atomic mass is 10.0. The molecule has 4 nitrogen and oxygen atoms in total. The van der Waals surface area contributed by atoms with Gasteiger partial charge in [0.2, 0.25) is 0 Å². The Hall–Kier alpha value is -1.58. The van der Waals surface area contributed by atoms with E-state index >= 15 is 0 Å². The van der Waals surface area contributed by atoms with Gasteiger partial charge in [0, 0.05) is 12.5 Å². The van der Waals surface area contributed by atoms with Crippen molar-refractivity contribution in [1.29, 1.82) is 0 Å². The van der Waals surface area contributed by atoms with Crippen LogP contribution in [0.4, 0.5) is 0 Å². The monoisotopic (exact) mass is 396 g/mol. The highest BCUT2D eigenvalue weighted by Crippen LogP contribution is 2.13. The summed E-state index contributed by atoms with van der Waals surface area (Å²) in [6, 6.07) is 0. The van der Waals surface area contributed by atoms with Gasteiger partial charge in [0.25, 0.3) is 0 Å². The molecule has 0 fully saturated rings. The van der Waals surface area contributed by atoms with Crippen molar-refractivity contribution >= 4 is 11.9 Å². The van der Waals surface area contributed by atoms with E-state index in [4.69, 9.17) is 4.74 Å². The minimum atomic E-state index is -0.329. The molecule has 0 N–H and O–H groups in total. The minimum Gasteiger partial charge on any atom is -0.462 e. The zero-order chi connectivity index (χ0) is 21.5. The van der Waals surface area contributed by atoms with Gasteiger partial charge in [-0.05, 0) is 13.3 Å². The summed E-state index contributed by atoms with van der Waals surface area (Å²) in [5.41, 5.74) is 0.491. The summed E-state index contributed by atoms with van der Waals surface area (Å²) in [5, 5.41) is 0. The quantitative estimate of drug-likeness (QED) is 0.112. The first kappa shape index (κ1) is 28.6. The molecule has 0 bridgehead atoms. The van der Waals surface area contributed by atoms with Crippen LogP contribution >= 0.6 is 0 Å². The molecule has 164 valence electrons. The van der Waals surface area contributed by atoms with E-state index in [2.05, 4.69) is 24.8 Å². The number of carbonyl (C=O) groups is 2. The van der Waals surface area contributed by atoms with Gasteiger partial charge in [-0.3, -0.25) is 4.79 Å². The van der Waals surface area contributed by atoms with Gasteiger partial charge in [0.05, 0.1) is 12.9 Å². The molecule has 0 aliphatic heterocycles. The van der Waals surface area contributed by atoms with Crippen LogP contribution in [-0.4, -0.2) is 18.5 Å². The third-order valence-corrected chi connectivity index (χ3v) is 4.33. The summed E-state index contributed by atoms with van der Waals surface area (Å²) in [5.74, 6) is -0.584. The highest BCUT2D eigenvalue weighted by atomic mass is 16.5. The van der Waals surface area contributed by atoms with Crippen molar-refractivity contribution in [3.8, 4) is 0 Å². The standard InChI is InChI=1S/C20H38O2.C4H6O2/c1-4-5-6-7-8-9-10-11-12-13-14-15-16-17-18-22-20(21)19(2)3;1-3-6-4(2)5/h2,4-18H2,1,3H3;3H,1H2,2H3. The van der Waals surface area contributed by atoms with Gasteiger partial charge in [-0.15, -0.1) is 0 Å². The van der Waals surface area contributed by atoms with E-state index in [-0.39, 0.29) is 11.9 Å². The number of ether oxygens (including phenoxy) is 2. The number of rotatable bonds is 17. The third-order valence-electron chi connectivity index (χ3n) is 4.33. The topological polar surface area (TPSA) is 52.6 Å². The molecule has 0 aliphatic rings. The van der Waals surface area contributed by atoms with E-state index in [1.807, 2.05) is 0 Å². The van der Waals surface area contributed by atoms with Gasteiger partial charge in [-0.2, -0.15) is 0 Å². The largest absolute Gasteiger partial charge is 0.462 e. The van der Waals surface area contributed by atoms with Gasteiger partial charge in [0.15, 0.2) is 0 Å². The molecule has 0 aromatic carbocycles. The van der Waals surface area contributed by atoms with E-state index in [1.54, 1.807) is 6.92 Å². The molecular formula is C24H44O4. The fourth-order valence-electron chi connectivity index (χ4n) is 2.70. The van der Waals surface area contributed by atoms with Crippen molar-refractivity contribution in [3.63, 3.8) is 0 Å². The highest BCUT2D eigenvalue weighted by molar-refractivity contribution is 5.86. The Labute approximate surface area is 173 Å². The van der Waals surface area contributed by atoms with Crippen molar-refractivity contribution in [2.24, 2.45) is 0 Å². The van der Waals surface area contributed by atoms with Gasteiger partial charge in [-0.1, -0.05) is 104 Å². The van der Waals surface area contributed by atoms with Crippen LogP contribution < -0.4 is 0 Å². The normalized spacial score (nSPS) is 9.82. The lowest BCUT2D eigenvalue weighted by Gasteiger charge is -2.04. The van der Waals surface area contributed by atoms with Gasteiger partial charge in [-0.25, -0.2) is 4.79 Å². The number of hydrogen-bond acceptors (Lipinski definition) is 4. The zero-order valence-corrected chi connectivity index (χ0v) is 18.7. The third kappa shape index (κ3) is 26.6. The first-order chi connectivity index (χ1) is 13.5. The van der Waals surface area contributed by atoms with E-state index in [1.165, 1.54) is 90.4 Å². The van der Waals surface area contributed by atoms with E-state index < -0.39 is 0 Å². The number of unbranched alkanes of at least 4 members (excludes halogenated alkanes) is 13. The number of carbonyl (C=O) groups excluding carboxylic acids is 2. The minimum absolute atomic E-state index is 0.255. The maximum absolute atomic E-state index is 11.2. The molecule has 0 rings (SSSR count). The molecule has 0 radical (unpaired) electrons. The van der Waals surface area contributed by atoms with Crippen LogP contribution in [0.25, 0.3) is 0 Å². The lowest BCUT2D eigenvalue weighted by Crippen LogP contribution is -2.05. The van der Waals surface area contributed by atoms with Crippen molar-refractivity contribution in [1.82, 2.24) is 0 Å². The highest BCUT2D eigenvalue weighted by Gasteiger charge is 2.01. The van der Waals surface area contributed by atoms with Crippen LogP contribution in [0.15, 0.2) is 25.0 Å². The molecule has 0 unspecified atom stereocenters. The SMILES string of the molecule is C=C(C)C(=O)OCCCCCCCCCCCCCCCC.C=COC(C)=O. The summed E-state index contributed by atoms with van der Waals surface area (Å²) in [6.45, 7) is 12.6. The average Bonchev–Trinajstić information content (AvgIpc) is 2.65. The van der Waals surface area contributed by atoms with Crippen molar-refractivity contribution in [2.75, 3.05) is 6.61 Å². The van der Waals surface area contributed by atoms with E-state index in [0.717, 1.165) is 12.7 Å². The second-order valence-electron chi connectivity index (χ2n) is 7.29. The maximum atomic E-state index is 11.2. The molecular weight excluding hydrogens is 352 g/mol. The van der Waals surface area contributed by atoms with Gasteiger partial charge < -0.3 is 9.47 Å². The van der Waals surface area contributed by atoms with Crippen LogP contribution in [0.3, 0.4) is 0 Å². The lowest BCUT2D eigenvalue weighted by molar-refractivity contribution is -0.139. The first-order valence-corrected chi connectivity index (χ1v) is 11.1. The van der Waals surface area contributed by atoms with Gasteiger partial charge in [0.1, 0.15) is 0 Å². The van der Waals surface area contributed by atoms with Crippen molar-refractivity contribution in [3.05, 3.63) is 25.0 Å². The summed E-state index contributed by atoms with van der Waals surface area (Å²) in [6.07, 6.45) is 19.9. The van der Waals surface area contributed by atoms with Crippen LogP contribution in [0.2, 0.25) is 0 Å². The molecule has 0 amide bonds. The predicted molar refractivity (Wildman–Crippen MR) is 118 cm³/mol. The van der Waals surface area contributed by atoms with Crippen LogP contribution in [0, 0.1) is 0 Å². The van der Waals surface area contributed by atoms with Crippen LogP contribution in [0.1, 0.15) is 111 Å². The molecule has 4 heteroatoms. The summed E-state index contributed by atoms with van der Waals surface area (Å²) >= 11 is 0. The van der Waals surface area contributed by atoms with E-state index in [0.29, 0.717) is 12.2 Å². The Bertz CT molecular complexity index is 401. The first-order valence-electron chi connectivity index (χ1n) is 11.1. The predicted octanol–water partition coefficient (Wildman–Crippen LogP) is 7.28. The average molecular weight is 397 g/mol. The Kier molecular flexibility index (Phi) is 24.0. The van der Waals surface area contributed by atoms with Crippen LogP contribution in [0.5, 0.6) is 0 Å². The second-order valence-corrected chi connectivity index (χ2v) is 7.29. The Morgan fingerprint density at radius 2 is 1.14 bits per heavy atom. The summed E-state index contributed by atoms with van der Waals surface area (Å²) in [4.78, 5) is 20.9. The number of hydrogen-bond donors (Lipinski definition) is 0. The smallest absolute Gasteiger partial charge is 0.333 e. The molecule has 0 aromatic heterocycles. The molecule has 0 saturated carbocycles. The molecule has 0 spiro atoms. The second kappa shape index (κ2) is 23.5. The Morgan fingerprint density at radius 1 is 0.750 bits per heavy atom. The fourth-order valence-corrected chi connectivity index (χ4v) is 2.70. The molecule has 0 atom stereocenters. The van der Waals surface area contributed by atoms with Crippen molar-refractivity contribution < 1.29 is 19.1 Å². The molecule has 28 heavy (non-hydrogen) atoms.